The number of hydrogen-bond acceptors (Lipinski definition) is 5. The van der Waals surface area contributed by atoms with Crippen LogP contribution >= 0.6 is 0 Å². The van der Waals surface area contributed by atoms with Gasteiger partial charge in [0.1, 0.15) is 6.04 Å². The highest BCUT2D eigenvalue weighted by Crippen LogP contribution is 2.68. The Kier molecular flexibility index (Phi) is 9.84. The number of nitrogens with one attached hydrogen (secondary N) is 2. The first kappa shape index (κ1) is 32.2. The van der Waals surface area contributed by atoms with Crippen molar-refractivity contribution < 1.29 is 29.7 Å². The van der Waals surface area contributed by atoms with E-state index in [0.717, 1.165) is 37.0 Å². The molecule has 8 nitrogen and oxygen atoms in total. The third-order valence-electron chi connectivity index (χ3n) is 12.5. The molecule has 8 heteroatoms. The molecule has 4 fully saturated rings. The molecule has 234 valence electrons. The molecule has 5 N–H and O–H groups in total. The fourth-order valence-electron chi connectivity index (χ4n) is 10.2. The summed E-state index contributed by atoms with van der Waals surface area (Å²) in [6.45, 7) is 12.3. The van der Waals surface area contributed by atoms with E-state index in [4.69, 9.17) is 0 Å². The average Bonchev–Trinajstić information content (AvgIpc) is 3.26. The summed E-state index contributed by atoms with van der Waals surface area (Å²) in [5, 5.41) is 34.6. The molecule has 12 atom stereocenters. The number of aliphatic hydroxyl groups excluding tert-OH is 2. The maximum atomic E-state index is 13.0. The van der Waals surface area contributed by atoms with Crippen molar-refractivity contribution in [2.75, 3.05) is 0 Å². The minimum atomic E-state index is -1.42. The molecule has 0 aromatic carbocycles. The molecule has 4 rings (SSSR count). The third-order valence-corrected chi connectivity index (χ3v) is 12.5. The highest BCUT2D eigenvalue weighted by molar-refractivity contribution is 5.90. The van der Waals surface area contributed by atoms with E-state index in [9.17, 15) is 29.7 Å². The van der Waals surface area contributed by atoms with E-state index in [1.54, 1.807) is 0 Å². The third kappa shape index (κ3) is 6.34. The van der Waals surface area contributed by atoms with E-state index in [-0.39, 0.29) is 17.9 Å². The summed E-state index contributed by atoms with van der Waals surface area (Å²) in [6.07, 6.45) is 10.5. The quantitative estimate of drug-likeness (QED) is 0.260. The van der Waals surface area contributed by atoms with Crippen LogP contribution in [0.3, 0.4) is 0 Å². The van der Waals surface area contributed by atoms with E-state index >= 15 is 0 Å². The predicted octanol–water partition coefficient (Wildman–Crippen LogP) is 4.51. The van der Waals surface area contributed by atoms with Crippen molar-refractivity contribution in [1.82, 2.24) is 10.6 Å². The second kappa shape index (κ2) is 12.5. The van der Waals surface area contributed by atoms with Crippen LogP contribution in [0.15, 0.2) is 0 Å². The normalized spacial score (nSPS) is 39.4. The molecule has 0 saturated heterocycles. The Labute approximate surface area is 246 Å². The van der Waals surface area contributed by atoms with Crippen molar-refractivity contribution in [1.29, 1.82) is 0 Å². The minimum Gasteiger partial charge on any atom is -0.480 e. The molecule has 2 amide bonds. The SMILES string of the molecule is CC(C)[C@H](NC(=O)CC[C@@H](C)[C@H]1CC[C@H]2[C@@H]3CC[C@@H]4C[C@H](O)CC[C@]4(C)[C@H]3CC[C@]12C)C(=O)N[C@H](C(=O)O)[C@H](C)O. The second-order valence-corrected chi connectivity index (χ2v) is 15.2. The summed E-state index contributed by atoms with van der Waals surface area (Å²) < 4.78 is 0. The molecular formula is C33H56N2O6. The first-order valence-corrected chi connectivity index (χ1v) is 16.4. The van der Waals surface area contributed by atoms with Gasteiger partial charge in [-0.25, -0.2) is 4.79 Å². The molecule has 0 aromatic heterocycles. The largest absolute Gasteiger partial charge is 0.480 e. The van der Waals surface area contributed by atoms with Crippen LogP contribution in [0.1, 0.15) is 112 Å². The van der Waals surface area contributed by atoms with Gasteiger partial charge in [0.15, 0.2) is 6.04 Å². The zero-order valence-electron chi connectivity index (χ0n) is 26.2. The maximum Gasteiger partial charge on any atom is 0.328 e. The van der Waals surface area contributed by atoms with Gasteiger partial charge in [-0.1, -0.05) is 34.6 Å². The zero-order valence-corrected chi connectivity index (χ0v) is 26.2. The van der Waals surface area contributed by atoms with E-state index in [0.29, 0.717) is 35.0 Å². The van der Waals surface area contributed by atoms with E-state index < -0.39 is 30.1 Å². The van der Waals surface area contributed by atoms with Crippen LogP contribution in [0.25, 0.3) is 0 Å². The number of hydrogen-bond donors (Lipinski definition) is 5. The van der Waals surface area contributed by atoms with Crippen molar-refractivity contribution in [3.63, 3.8) is 0 Å². The van der Waals surface area contributed by atoms with Gasteiger partial charge < -0.3 is 26.0 Å². The molecule has 41 heavy (non-hydrogen) atoms. The molecule has 0 aliphatic heterocycles. The summed E-state index contributed by atoms with van der Waals surface area (Å²) in [4.78, 5) is 37.2. The topological polar surface area (TPSA) is 136 Å². The summed E-state index contributed by atoms with van der Waals surface area (Å²) in [7, 11) is 0. The summed E-state index contributed by atoms with van der Waals surface area (Å²) in [5.74, 6) is 1.66. The van der Waals surface area contributed by atoms with Crippen molar-refractivity contribution in [3.05, 3.63) is 0 Å². The molecular weight excluding hydrogens is 520 g/mol. The Morgan fingerprint density at radius 3 is 2.15 bits per heavy atom. The van der Waals surface area contributed by atoms with Crippen molar-refractivity contribution >= 4 is 17.8 Å². The lowest BCUT2D eigenvalue weighted by molar-refractivity contribution is -0.145. The van der Waals surface area contributed by atoms with E-state index in [1.807, 2.05) is 13.8 Å². The number of carboxylic acid groups (broad SMARTS) is 1. The Morgan fingerprint density at radius 1 is 0.854 bits per heavy atom. The first-order chi connectivity index (χ1) is 19.2. The lowest BCUT2D eigenvalue weighted by Gasteiger charge is -2.61. The van der Waals surface area contributed by atoms with E-state index in [1.165, 1.54) is 51.9 Å². The van der Waals surface area contributed by atoms with Crippen LogP contribution in [-0.4, -0.2) is 57.4 Å². The Hall–Kier alpha value is -1.67. The predicted molar refractivity (Wildman–Crippen MR) is 158 cm³/mol. The van der Waals surface area contributed by atoms with Crippen LogP contribution < -0.4 is 10.6 Å². The summed E-state index contributed by atoms with van der Waals surface area (Å²) in [5.41, 5.74) is 0.686. The molecule has 4 saturated carbocycles. The van der Waals surface area contributed by atoms with E-state index in [2.05, 4.69) is 31.4 Å². The molecule has 0 spiro atoms. The number of carbonyl (C=O) groups is 3. The van der Waals surface area contributed by atoms with Crippen molar-refractivity contribution in [2.45, 2.75) is 136 Å². The zero-order chi connectivity index (χ0) is 30.3. The molecule has 0 bridgehead atoms. The summed E-state index contributed by atoms with van der Waals surface area (Å²) >= 11 is 0. The molecule has 4 aliphatic rings. The Bertz CT molecular complexity index is 969. The van der Waals surface area contributed by atoms with Crippen molar-refractivity contribution in [3.8, 4) is 0 Å². The lowest BCUT2D eigenvalue weighted by Crippen LogP contribution is -2.56. The number of rotatable bonds is 10. The second-order valence-electron chi connectivity index (χ2n) is 15.2. The fraction of sp³-hybridized carbons (Fsp3) is 0.909. The number of fused-ring (bicyclic) bond motifs is 5. The van der Waals surface area contributed by atoms with Gasteiger partial charge in [0.2, 0.25) is 11.8 Å². The summed E-state index contributed by atoms with van der Waals surface area (Å²) in [6, 6.07) is -2.28. The number of aliphatic hydroxyl groups is 2. The van der Waals surface area contributed by atoms with Gasteiger partial charge in [-0.3, -0.25) is 9.59 Å². The maximum absolute atomic E-state index is 13.0. The molecule has 0 aromatic rings. The number of carbonyl (C=O) groups excluding carboxylic acids is 2. The number of carboxylic acids is 1. The van der Waals surface area contributed by atoms with Gasteiger partial charge in [0.25, 0.3) is 0 Å². The Balaban J connectivity index is 1.34. The molecule has 0 heterocycles. The average molecular weight is 577 g/mol. The van der Waals surface area contributed by atoms with Gasteiger partial charge in [0.05, 0.1) is 12.2 Å². The smallest absolute Gasteiger partial charge is 0.328 e. The van der Waals surface area contributed by atoms with Crippen LogP contribution in [0.4, 0.5) is 0 Å². The van der Waals surface area contributed by atoms with Gasteiger partial charge in [-0.05, 0) is 123 Å². The van der Waals surface area contributed by atoms with Gasteiger partial charge >= 0.3 is 5.97 Å². The lowest BCUT2D eigenvalue weighted by atomic mass is 9.44. The first-order valence-electron chi connectivity index (χ1n) is 16.4. The van der Waals surface area contributed by atoms with Crippen LogP contribution in [0, 0.1) is 52.3 Å². The van der Waals surface area contributed by atoms with Crippen LogP contribution in [-0.2, 0) is 14.4 Å². The molecule has 4 aliphatic carbocycles. The highest BCUT2D eigenvalue weighted by atomic mass is 16.4. The fourth-order valence-corrected chi connectivity index (χ4v) is 10.2. The monoisotopic (exact) mass is 576 g/mol. The minimum absolute atomic E-state index is 0.108. The van der Waals surface area contributed by atoms with Crippen LogP contribution in [0.5, 0.6) is 0 Å². The number of amides is 2. The Morgan fingerprint density at radius 2 is 1.51 bits per heavy atom. The molecule has 0 radical (unpaired) electrons. The van der Waals surface area contributed by atoms with Crippen molar-refractivity contribution in [2.24, 2.45) is 52.3 Å². The van der Waals surface area contributed by atoms with Gasteiger partial charge in [0, 0.05) is 6.42 Å². The molecule has 0 unspecified atom stereocenters. The van der Waals surface area contributed by atoms with Gasteiger partial charge in [-0.15, -0.1) is 0 Å². The van der Waals surface area contributed by atoms with Gasteiger partial charge in [-0.2, -0.15) is 0 Å². The highest BCUT2D eigenvalue weighted by Gasteiger charge is 2.60. The number of aliphatic carboxylic acids is 1. The standard InChI is InChI=1S/C33H56N2O6/c1-18(2)28(30(39)35-29(20(4)36)31(40)41)34-27(38)12-7-19(3)24-10-11-25-23-9-8-21-17-22(37)13-15-32(21,5)26(23)14-16-33(24,25)6/h18-26,28-29,36-37H,7-17H2,1-6H3,(H,34,38)(H,35,39)(H,40,41)/t19-,20+,21-,22-,23+,24-,25+,26+,28+,29+,32+,33-/m1/s1. The van der Waals surface area contributed by atoms with Crippen LogP contribution in [0.2, 0.25) is 0 Å².